The van der Waals surface area contributed by atoms with E-state index in [-0.39, 0.29) is 11.4 Å². The van der Waals surface area contributed by atoms with Crippen LogP contribution in [0.15, 0.2) is 18.2 Å². The third-order valence-corrected chi connectivity index (χ3v) is 4.50. The molecule has 2 aliphatic rings. The first-order valence-electron chi connectivity index (χ1n) is 7.14. The molecule has 0 bridgehead atoms. The van der Waals surface area contributed by atoms with Gasteiger partial charge in [0.15, 0.2) is 0 Å². The first-order chi connectivity index (χ1) is 9.17. The fourth-order valence-electron chi connectivity index (χ4n) is 3.35. The van der Waals surface area contributed by atoms with E-state index < -0.39 is 0 Å². The molecule has 0 radical (unpaired) electrons. The van der Waals surface area contributed by atoms with Crippen LogP contribution >= 0.6 is 0 Å². The monoisotopic (exact) mass is 259 g/mol. The first kappa shape index (κ1) is 11.4. The van der Waals surface area contributed by atoms with Crippen LogP contribution in [0.5, 0.6) is 0 Å². The number of nitrogens with zero attached hydrogens (tertiary/aromatic N) is 2. The molecule has 0 aliphatic heterocycles. The summed E-state index contributed by atoms with van der Waals surface area (Å²) in [5, 5.41) is 0. The van der Waals surface area contributed by atoms with Gasteiger partial charge in [-0.05, 0) is 43.9 Å². The molecule has 100 valence electrons. The Labute approximate surface area is 111 Å². The molecule has 4 rings (SSSR count). The van der Waals surface area contributed by atoms with Crippen LogP contribution in [0.4, 0.5) is 4.39 Å². The zero-order valence-electron chi connectivity index (χ0n) is 10.9. The predicted molar refractivity (Wildman–Crippen MR) is 72.3 cm³/mol. The van der Waals surface area contributed by atoms with Crippen LogP contribution in [0.1, 0.15) is 50.4 Å². The molecule has 0 amide bonds. The van der Waals surface area contributed by atoms with Crippen molar-refractivity contribution in [2.75, 3.05) is 0 Å². The lowest BCUT2D eigenvalue weighted by Crippen LogP contribution is -2.36. The number of hydrogen-bond acceptors (Lipinski definition) is 2. The fourth-order valence-corrected chi connectivity index (χ4v) is 3.35. The molecule has 1 aromatic heterocycles. The van der Waals surface area contributed by atoms with Crippen molar-refractivity contribution in [3.05, 3.63) is 29.8 Å². The van der Waals surface area contributed by atoms with Crippen LogP contribution < -0.4 is 5.73 Å². The Morgan fingerprint density at radius 1 is 1.26 bits per heavy atom. The van der Waals surface area contributed by atoms with Crippen molar-refractivity contribution in [3.8, 4) is 0 Å². The molecule has 0 spiro atoms. The zero-order valence-corrected chi connectivity index (χ0v) is 10.9. The van der Waals surface area contributed by atoms with E-state index in [4.69, 9.17) is 10.7 Å². The molecule has 0 unspecified atom stereocenters. The van der Waals surface area contributed by atoms with Gasteiger partial charge in [-0.25, -0.2) is 9.37 Å². The van der Waals surface area contributed by atoms with Gasteiger partial charge in [0.1, 0.15) is 11.6 Å². The van der Waals surface area contributed by atoms with Crippen molar-refractivity contribution in [2.45, 2.75) is 50.1 Å². The molecule has 0 atom stereocenters. The molecule has 3 nitrogen and oxygen atoms in total. The molecule has 2 fully saturated rings. The van der Waals surface area contributed by atoms with Gasteiger partial charge in [0.25, 0.3) is 0 Å². The highest BCUT2D eigenvalue weighted by Gasteiger charge is 2.39. The second-order valence-corrected chi connectivity index (χ2v) is 6.03. The van der Waals surface area contributed by atoms with E-state index in [9.17, 15) is 4.39 Å². The van der Waals surface area contributed by atoms with Crippen LogP contribution in [-0.4, -0.2) is 9.55 Å². The summed E-state index contributed by atoms with van der Waals surface area (Å²) in [6, 6.07) is 5.32. The van der Waals surface area contributed by atoms with Gasteiger partial charge in [-0.2, -0.15) is 0 Å². The lowest BCUT2D eigenvalue weighted by molar-refractivity contribution is 0.411. The SMILES string of the molecule is NC1(c2nc3ccc(F)cc3n2C2CC2)CCCC1. The van der Waals surface area contributed by atoms with Gasteiger partial charge in [0.05, 0.1) is 16.6 Å². The third kappa shape index (κ3) is 1.70. The second kappa shape index (κ2) is 3.79. The van der Waals surface area contributed by atoms with E-state index >= 15 is 0 Å². The number of halogens is 1. The van der Waals surface area contributed by atoms with E-state index in [2.05, 4.69) is 4.57 Å². The second-order valence-electron chi connectivity index (χ2n) is 6.03. The van der Waals surface area contributed by atoms with Gasteiger partial charge >= 0.3 is 0 Å². The molecule has 1 aromatic carbocycles. The Morgan fingerprint density at radius 2 is 2.00 bits per heavy atom. The van der Waals surface area contributed by atoms with E-state index in [1.165, 1.54) is 18.9 Å². The van der Waals surface area contributed by atoms with Crippen molar-refractivity contribution in [1.82, 2.24) is 9.55 Å². The highest BCUT2D eigenvalue weighted by Crippen LogP contribution is 2.44. The van der Waals surface area contributed by atoms with E-state index in [0.29, 0.717) is 6.04 Å². The average molecular weight is 259 g/mol. The first-order valence-corrected chi connectivity index (χ1v) is 7.14. The van der Waals surface area contributed by atoms with Crippen LogP contribution in [0.25, 0.3) is 11.0 Å². The largest absolute Gasteiger partial charge is 0.323 e. The maximum absolute atomic E-state index is 13.5. The summed E-state index contributed by atoms with van der Waals surface area (Å²) in [6.07, 6.45) is 6.63. The summed E-state index contributed by atoms with van der Waals surface area (Å²) in [5.41, 5.74) is 8.05. The predicted octanol–water partition coefficient (Wildman–Crippen LogP) is 3.24. The van der Waals surface area contributed by atoms with Gasteiger partial charge < -0.3 is 10.3 Å². The number of fused-ring (bicyclic) bond motifs is 1. The fraction of sp³-hybridized carbons (Fsp3) is 0.533. The lowest BCUT2D eigenvalue weighted by Gasteiger charge is -2.24. The standard InChI is InChI=1S/C15H18FN3/c16-10-3-6-12-13(9-10)19(11-4-5-11)14(18-12)15(17)7-1-2-8-15/h3,6,9,11H,1-2,4-5,7-8,17H2. The minimum Gasteiger partial charge on any atom is -0.323 e. The average Bonchev–Trinajstić information content (AvgIpc) is 3.01. The molecule has 2 aliphatic carbocycles. The highest BCUT2D eigenvalue weighted by atomic mass is 19.1. The Morgan fingerprint density at radius 3 is 2.68 bits per heavy atom. The van der Waals surface area contributed by atoms with Crippen molar-refractivity contribution in [1.29, 1.82) is 0 Å². The Bertz CT molecular complexity index is 636. The molecule has 2 saturated carbocycles. The van der Waals surface area contributed by atoms with Crippen molar-refractivity contribution < 1.29 is 4.39 Å². The quantitative estimate of drug-likeness (QED) is 0.899. The van der Waals surface area contributed by atoms with E-state index in [1.54, 1.807) is 12.1 Å². The maximum atomic E-state index is 13.5. The minimum atomic E-state index is -0.307. The van der Waals surface area contributed by atoms with Crippen LogP contribution in [0, 0.1) is 5.82 Å². The number of imidazole rings is 1. The van der Waals surface area contributed by atoms with Gasteiger partial charge in [0.2, 0.25) is 0 Å². The van der Waals surface area contributed by atoms with Crippen molar-refractivity contribution >= 4 is 11.0 Å². The molecule has 4 heteroatoms. The molecule has 2 aromatic rings. The normalized spacial score (nSPS) is 22.2. The lowest BCUT2D eigenvalue weighted by atomic mass is 9.98. The van der Waals surface area contributed by atoms with E-state index in [1.807, 2.05) is 0 Å². The summed E-state index contributed by atoms with van der Waals surface area (Å²) in [5.74, 6) is 0.784. The van der Waals surface area contributed by atoms with Gasteiger partial charge in [0, 0.05) is 6.04 Å². The van der Waals surface area contributed by atoms with Gasteiger partial charge in [-0.3, -0.25) is 0 Å². The van der Waals surface area contributed by atoms with Crippen LogP contribution in [0.3, 0.4) is 0 Å². The number of hydrogen-bond donors (Lipinski definition) is 1. The number of benzene rings is 1. The Kier molecular flexibility index (Phi) is 2.28. The topological polar surface area (TPSA) is 43.8 Å². The smallest absolute Gasteiger partial charge is 0.130 e. The third-order valence-electron chi connectivity index (χ3n) is 4.50. The molecular weight excluding hydrogens is 241 g/mol. The van der Waals surface area contributed by atoms with Crippen LogP contribution in [-0.2, 0) is 5.54 Å². The molecule has 1 heterocycles. The number of rotatable bonds is 2. The molecular formula is C15H18FN3. The molecule has 0 saturated heterocycles. The Hall–Kier alpha value is -1.42. The Balaban J connectivity index is 1.96. The zero-order chi connectivity index (χ0) is 13.0. The van der Waals surface area contributed by atoms with Crippen molar-refractivity contribution in [3.63, 3.8) is 0 Å². The van der Waals surface area contributed by atoms with Gasteiger partial charge in [-0.15, -0.1) is 0 Å². The van der Waals surface area contributed by atoms with Crippen molar-refractivity contribution in [2.24, 2.45) is 5.73 Å². The maximum Gasteiger partial charge on any atom is 0.130 e. The summed E-state index contributed by atoms with van der Waals surface area (Å²) in [7, 11) is 0. The van der Waals surface area contributed by atoms with E-state index in [0.717, 1.165) is 42.5 Å². The van der Waals surface area contributed by atoms with Gasteiger partial charge in [-0.1, -0.05) is 12.8 Å². The summed E-state index contributed by atoms with van der Waals surface area (Å²) < 4.78 is 15.7. The minimum absolute atomic E-state index is 0.196. The highest BCUT2D eigenvalue weighted by molar-refractivity contribution is 5.76. The summed E-state index contributed by atoms with van der Waals surface area (Å²) >= 11 is 0. The number of aromatic nitrogens is 2. The summed E-state index contributed by atoms with van der Waals surface area (Å²) in [4.78, 5) is 4.74. The van der Waals surface area contributed by atoms with Crippen LogP contribution in [0.2, 0.25) is 0 Å². The molecule has 19 heavy (non-hydrogen) atoms. The number of nitrogens with two attached hydrogens (primary N) is 1. The summed E-state index contributed by atoms with van der Waals surface area (Å²) in [6.45, 7) is 0. The molecule has 2 N–H and O–H groups in total.